The molecule has 1 rings (SSSR count). The van der Waals surface area contributed by atoms with Gasteiger partial charge in [-0.05, 0) is 84.5 Å². The molecule has 0 radical (unpaired) electrons. The lowest BCUT2D eigenvalue weighted by Gasteiger charge is -2.40. The van der Waals surface area contributed by atoms with Gasteiger partial charge in [-0.3, -0.25) is 64.0 Å². The van der Waals surface area contributed by atoms with Crippen LogP contribution in [-0.2, 0) is 9.59 Å². The lowest BCUT2D eigenvalue weighted by atomic mass is 9.64. The van der Waals surface area contributed by atoms with Crippen molar-refractivity contribution in [3.8, 4) is 0 Å². The Morgan fingerprint density at radius 3 is 1.73 bits per heavy atom. The lowest BCUT2D eigenvalue weighted by Crippen LogP contribution is -2.80. The summed E-state index contributed by atoms with van der Waals surface area (Å²) in [5.41, 5.74) is 36.9. The molecule has 14 nitrogen and oxygen atoms in total. The fraction of sp³-hybridized carbons (Fsp3) is 0.543. The smallest absolute Gasteiger partial charge is 0.291 e. The molecule has 14 heteroatoms. The van der Waals surface area contributed by atoms with E-state index in [-0.39, 0.29) is 47.0 Å². The number of hydrogen-bond acceptors (Lipinski definition) is 2. The minimum atomic E-state index is -0.325. The minimum Gasteiger partial charge on any atom is -0.291 e. The molecule has 0 spiro atoms. The van der Waals surface area contributed by atoms with Crippen molar-refractivity contribution in [1.82, 2.24) is 10.6 Å². The molecule has 0 heterocycles. The summed E-state index contributed by atoms with van der Waals surface area (Å²) in [5.74, 6) is 0.501. The average molecular weight is 685 g/mol. The van der Waals surface area contributed by atoms with Gasteiger partial charge in [0.25, 0.3) is 0 Å². The van der Waals surface area contributed by atoms with E-state index in [1.54, 1.807) is 19.9 Å². The van der Waals surface area contributed by atoms with Gasteiger partial charge < -0.3 is 0 Å². The van der Waals surface area contributed by atoms with Gasteiger partial charge in [-0.1, -0.05) is 54.5 Å². The number of rotatable bonds is 17. The van der Waals surface area contributed by atoms with Gasteiger partial charge in [-0.2, -0.15) is 0 Å². The van der Waals surface area contributed by atoms with E-state index in [4.69, 9.17) is 34.4 Å². The van der Waals surface area contributed by atoms with Gasteiger partial charge in [0.05, 0.1) is 26.2 Å². The van der Waals surface area contributed by atoms with Crippen LogP contribution in [0.2, 0.25) is 0 Å². The Hall–Kier alpha value is -4.88. The van der Waals surface area contributed by atoms with E-state index in [9.17, 15) is 9.59 Å². The van der Waals surface area contributed by atoms with Crippen LogP contribution in [0.15, 0.2) is 58.7 Å². The third kappa shape index (κ3) is 17.7. The maximum absolute atomic E-state index is 13.1. The number of amides is 2. The summed E-state index contributed by atoms with van der Waals surface area (Å²) in [5, 5.41) is 5.45. The highest BCUT2D eigenvalue weighted by Crippen LogP contribution is 2.46. The quantitative estimate of drug-likeness (QED) is 0.0175. The molecular formula is C35H64N12O2+4. The summed E-state index contributed by atoms with van der Waals surface area (Å²) in [4.78, 5) is 37.6. The summed E-state index contributed by atoms with van der Waals surface area (Å²) in [6.45, 7) is 14.6. The zero-order valence-corrected chi connectivity index (χ0v) is 30.5. The van der Waals surface area contributed by atoms with Gasteiger partial charge in [-0.15, -0.1) is 0 Å². The van der Waals surface area contributed by atoms with E-state index >= 15 is 0 Å². The molecule has 49 heavy (non-hydrogen) atoms. The van der Waals surface area contributed by atoms with E-state index in [0.717, 1.165) is 38.5 Å². The standard InChI is InChI=1S/C35H60N12O2/c1-23(2)13-14-27-22-35(6,15-11-12-24(3)29(48)46-33(40)44-18-9-7-16-42-31(36)37)28(20-25(27)4)21-26(5)30(49)47-34(41)45-19-10-8-17-43-32(38)39/h11-13,15,20-21,27-28H,7-10,14,16-19,22H2,1-6H3,(H4,36,37,42)(H4,38,39,43)(H3,40,44,46,48)(H3,41,45,47,49)/p+4/b15-11+,24-12+,26-21+/t27-,28+,35+/m1/s1. The highest BCUT2D eigenvalue weighted by atomic mass is 16.2. The summed E-state index contributed by atoms with van der Waals surface area (Å²) in [6.07, 6.45) is 17.5. The van der Waals surface area contributed by atoms with Crippen LogP contribution < -0.4 is 65.0 Å². The highest BCUT2D eigenvalue weighted by Gasteiger charge is 2.36. The maximum Gasteiger partial charge on any atom is 0.348 e. The van der Waals surface area contributed by atoms with Crippen molar-refractivity contribution < 1.29 is 29.6 Å². The molecule has 0 saturated heterocycles. The Labute approximate surface area is 292 Å². The number of carbonyl (C=O) groups excluding carboxylic acids is 2. The predicted octanol–water partition coefficient (Wildman–Crippen LogP) is -5.33. The molecular weight excluding hydrogens is 620 g/mol. The lowest BCUT2D eigenvalue weighted by molar-refractivity contribution is -0.473. The molecule has 0 fully saturated rings. The Bertz CT molecular complexity index is 1390. The van der Waals surface area contributed by atoms with Crippen molar-refractivity contribution in [2.45, 2.75) is 80.1 Å². The van der Waals surface area contributed by atoms with Crippen LogP contribution in [0.25, 0.3) is 0 Å². The van der Waals surface area contributed by atoms with Gasteiger partial charge >= 0.3 is 35.7 Å². The Morgan fingerprint density at radius 2 is 1.27 bits per heavy atom. The van der Waals surface area contributed by atoms with Gasteiger partial charge in [0.15, 0.2) is 0 Å². The third-order valence-corrected chi connectivity index (χ3v) is 8.31. The van der Waals surface area contributed by atoms with Gasteiger partial charge in [0.1, 0.15) is 0 Å². The van der Waals surface area contributed by atoms with Crippen molar-refractivity contribution in [2.75, 3.05) is 26.2 Å². The molecule has 0 bridgehead atoms. The Morgan fingerprint density at radius 1 is 0.796 bits per heavy atom. The molecule has 0 aromatic carbocycles. The van der Waals surface area contributed by atoms with Crippen LogP contribution in [-0.4, -0.2) is 61.8 Å². The Kier molecular flexibility index (Phi) is 18.8. The summed E-state index contributed by atoms with van der Waals surface area (Å²) < 4.78 is 0. The molecule has 0 saturated carbocycles. The first kappa shape index (κ1) is 42.1. The number of unbranched alkanes of at least 4 members (excludes halogenated alkanes) is 2. The topological polar surface area (TPSA) is 270 Å². The van der Waals surface area contributed by atoms with Crippen molar-refractivity contribution in [3.05, 3.63) is 58.7 Å². The van der Waals surface area contributed by atoms with E-state index in [2.05, 4.69) is 76.5 Å². The summed E-state index contributed by atoms with van der Waals surface area (Å²) >= 11 is 0. The van der Waals surface area contributed by atoms with Crippen LogP contribution in [0.1, 0.15) is 80.1 Å². The average Bonchev–Trinajstić information content (AvgIpc) is 3.01. The van der Waals surface area contributed by atoms with Gasteiger partial charge in [-0.25, -0.2) is 10.6 Å². The Balaban J connectivity index is 3.07. The second-order valence-electron chi connectivity index (χ2n) is 13.2. The van der Waals surface area contributed by atoms with Crippen LogP contribution in [0.5, 0.6) is 0 Å². The number of allylic oxidation sites excluding steroid dienone is 8. The zero-order valence-electron chi connectivity index (χ0n) is 30.5. The van der Waals surface area contributed by atoms with E-state index in [1.807, 2.05) is 12.2 Å². The third-order valence-electron chi connectivity index (χ3n) is 8.31. The molecule has 0 unspecified atom stereocenters. The predicted molar refractivity (Wildman–Crippen MR) is 197 cm³/mol. The number of nitrogens with one attached hydrogen (secondary N) is 6. The first-order valence-electron chi connectivity index (χ1n) is 17.0. The fourth-order valence-electron chi connectivity index (χ4n) is 5.28. The van der Waals surface area contributed by atoms with Crippen LogP contribution in [0.4, 0.5) is 0 Å². The first-order chi connectivity index (χ1) is 23.0. The van der Waals surface area contributed by atoms with E-state index < -0.39 is 0 Å². The highest BCUT2D eigenvalue weighted by molar-refractivity contribution is 6.03. The molecule has 1 aliphatic rings. The second-order valence-corrected chi connectivity index (χ2v) is 13.2. The number of carbonyl (C=O) groups is 2. The monoisotopic (exact) mass is 685 g/mol. The summed E-state index contributed by atoms with van der Waals surface area (Å²) in [6, 6.07) is 0. The molecule has 0 aliphatic heterocycles. The van der Waals surface area contributed by atoms with Crippen LogP contribution in [0.3, 0.4) is 0 Å². The van der Waals surface area contributed by atoms with Gasteiger partial charge in [0, 0.05) is 17.1 Å². The normalized spacial score (nSPS) is 20.3. The molecule has 2 amide bonds. The fourth-order valence-corrected chi connectivity index (χ4v) is 5.28. The van der Waals surface area contributed by atoms with Crippen molar-refractivity contribution in [1.29, 1.82) is 0 Å². The number of nitrogens with two attached hydrogens (primary N) is 6. The van der Waals surface area contributed by atoms with Crippen LogP contribution in [0, 0.1) is 17.3 Å². The molecule has 3 atom stereocenters. The van der Waals surface area contributed by atoms with Crippen molar-refractivity contribution in [3.63, 3.8) is 0 Å². The SMILES string of the molecule is CC(C)=CC[C@@H]1C[C@](C)(/C=C/C=C(\C)C(=O)NC(N)=[NH+]CCCC[NH+]=C(N)N)[C@H](/C=C(\C)C(=O)NC(N)=[NH+]CCCC[NH+]=C(N)N)C=C1C. The molecule has 0 aromatic rings. The number of guanidine groups is 4. The summed E-state index contributed by atoms with van der Waals surface area (Å²) in [7, 11) is 0. The van der Waals surface area contributed by atoms with E-state index in [1.165, 1.54) is 11.1 Å². The molecule has 0 aromatic heterocycles. The largest absolute Gasteiger partial charge is 0.348 e. The van der Waals surface area contributed by atoms with Crippen molar-refractivity contribution in [2.24, 2.45) is 51.7 Å². The van der Waals surface area contributed by atoms with Crippen molar-refractivity contribution >= 4 is 35.7 Å². The molecule has 18 N–H and O–H groups in total. The second kappa shape index (κ2) is 21.9. The first-order valence-corrected chi connectivity index (χ1v) is 17.0. The minimum absolute atomic E-state index is 0.0592. The molecule has 1 aliphatic carbocycles. The number of hydrogen-bond donors (Lipinski definition) is 12. The van der Waals surface area contributed by atoms with Crippen LogP contribution >= 0.6 is 0 Å². The van der Waals surface area contributed by atoms with Gasteiger partial charge in [0.2, 0.25) is 0 Å². The maximum atomic E-state index is 13.1. The molecule has 272 valence electrons. The zero-order chi connectivity index (χ0) is 37.0. The van der Waals surface area contributed by atoms with E-state index in [0.29, 0.717) is 43.2 Å².